The van der Waals surface area contributed by atoms with Crippen LogP contribution in [0.3, 0.4) is 0 Å². The molecule has 0 spiro atoms. The molecule has 82 valence electrons. The van der Waals surface area contributed by atoms with E-state index < -0.39 is 0 Å². The van der Waals surface area contributed by atoms with Gasteiger partial charge in [0.15, 0.2) is 5.69 Å². The minimum atomic E-state index is -0.322. The summed E-state index contributed by atoms with van der Waals surface area (Å²) in [5.41, 5.74) is 1.80. The number of hydrogen-bond donors (Lipinski definition) is 1. The van der Waals surface area contributed by atoms with Gasteiger partial charge in [-0.2, -0.15) is 0 Å². The number of halogens is 1. The summed E-state index contributed by atoms with van der Waals surface area (Å²) in [6.45, 7) is 1.89. The average Bonchev–Trinajstić information content (AvgIpc) is 2.77. The van der Waals surface area contributed by atoms with E-state index in [1.165, 1.54) is 12.3 Å². The molecule has 6 heteroatoms. The number of carbonyl (C=O) groups excluding carboxylic acids is 1. The van der Waals surface area contributed by atoms with Gasteiger partial charge in [-0.25, -0.2) is 4.98 Å². The van der Waals surface area contributed by atoms with E-state index in [1.54, 1.807) is 6.20 Å². The monoisotopic (exact) mass is 281 g/mol. The van der Waals surface area contributed by atoms with Gasteiger partial charge in [-0.15, -0.1) is 0 Å². The molecule has 0 saturated carbocycles. The number of nitrogens with one attached hydrogen (secondary N) is 1. The topological polar surface area (TPSA) is 68.0 Å². The van der Waals surface area contributed by atoms with Crippen LogP contribution < -0.4 is 5.32 Å². The van der Waals surface area contributed by atoms with Gasteiger partial charge >= 0.3 is 0 Å². The summed E-state index contributed by atoms with van der Waals surface area (Å²) < 4.78 is 5.34. The van der Waals surface area contributed by atoms with Crippen molar-refractivity contribution in [2.75, 3.05) is 5.32 Å². The lowest BCUT2D eigenvalue weighted by Gasteiger charge is -2.04. The van der Waals surface area contributed by atoms with E-state index in [4.69, 9.17) is 0 Å². The summed E-state index contributed by atoms with van der Waals surface area (Å²) in [6.07, 6.45) is 2.91. The predicted molar refractivity (Wildman–Crippen MR) is 61.1 cm³/mol. The molecule has 0 aliphatic heterocycles. The maximum atomic E-state index is 11.6. The standard InChI is InChI=1S/C10H8BrN3O2/c1-6-4-7(5-12-9(6)11)13-10(15)8-2-3-16-14-8/h2-5H,1H3,(H,13,15). The number of anilines is 1. The molecule has 5 nitrogen and oxygen atoms in total. The van der Waals surface area contributed by atoms with Crippen molar-refractivity contribution in [3.8, 4) is 0 Å². The molecule has 0 aliphatic carbocycles. The number of aromatic nitrogens is 2. The first-order chi connectivity index (χ1) is 7.66. The molecule has 0 aliphatic rings. The zero-order valence-corrected chi connectivity index (χ0v) is 9.98. The molecule has 0 atom stereocenters. The molecule has 1 N–H and O–H groups in total. The van der Waals surface area contributed by atoms with Crippen LogP contribution in [0.1, 0.15) is 16.1 Å². The Bertz CT molecular complexity index is 511. The number of amides is 1. The number of carbonyl (C=O) groups is 1. The summed E-state index contributed by atoms with van der Waals surface area (Å²) >= 11 is 3.28. The van der Waals surface area contributed by atoms with E-state index in [0.29, 0.717) is 5.69 Å². The van der Waals surface area contributed by atoms with Crippen LogP contribution in [0.2, 0.25) is 0 Å². The SMILES string of the molecule is Cc1cc(NC(=O)c2ccon2)cnc1Br. The van der Waals surface area contributed by atoms with Crippen molar-refractivity contribution in [2.45, 2.75) is 6.92 Å². The molecule has 0 fully saturated rings. The third-order valence-electron chi connectivity index (χ3n) is 1.94. The average molecular weight is 282 g/mol. The van der Waals surface area contributed by atoms with Crippen molar-refractivity contribution in [1.82, 2.24) is 10.1 Å². The lowest BCUT2D eigenvalue weighted by atomic mass is 10.3. The molecule has 2 aromatic rings. The van der Waals surface area contributed by atoms with Crippen LogP contribution in [0.5, 0.6) is 0 Å². The first-order valence-electron chi connectivity index (χ1n) is 4.50. The zero-order valence-electron chi connectivity index (χ0n) is 8.40. The van der Waals surface area contributed by atoms with E-state index in [2.05, 4.69) is 35.9 Å². The molecular formula is C10H8BrN3O2. The highest BCUT2D eigenvalue weighted by molar-refractivity contribution is 9.10. The van der Waals surface area contributed by atoms with Crippen molar-refractivity contribution in [1.29, 1.82) is 0 Å². The van der Waals surface area contributed by atoms with Crippen LogP contribution in [-0.4, -0.2) is 16.0 Å². The third-order valence-corrected chi connectivity index (χ3v) is 2.77. The Balaban J connectivity index is 2.15. The normalized spacial score (nSPS) is 10.1. The zero-order chi connectivity index (χ0) is 11.5. The molecule has 0 saturated heterocycles. The van der Waals surface area contributed by atoms with Gasteiger partial charge in [0, 0.05) is 6.07 Å². The summed E-state index contributed by atoms with van der Waals surface area (Å²) in [6, 6.07) is 3.31. The second kappa shape index (κ2) is 4.44. The summed E-state index contributed by atoms with van der Waals surface area (Å²) in [5.74, 6) is -0.322. The van der Waals surface area contributed by atoms with Crippen molar-refractivity contribution in [3.05, 3.63) is 40.5 Å². The number of nitrogens with zero attached hydrogens (tertiary/aromatic N) is 2. The first-order valence-corrected chi connectivity index (χ1v) is 5.30. The largest absolute Gasteiger partial charge is 0.364 e. The van der Waals surface area contributed by atoms with Crippen LogP contribution in [0.4, 0.5) is 5.69 Å². The first kappa shape index (κ1) is 10.8. The highest BCUT2D eigenvalue weighted by Crippen LogP contribution is 2.17. The summed E-state index contributed by atoms with van der Waals surface area (Å²) in [5, 5.41) is 6.20. The van der Waals surface area contributed by atoms with Crippen LogP contribution in [0.15, 0.2) is 33.7 Å². The van der Waals surface area contributed by atoms with Gasteiger partial charge in [-0.3, -0.25) is 4.79 Å². The molecule has 0 bridgehead atoms. The van der Waals surface area contributed by atoms with E-state index in [0.717, 1.165) is 10.2 Å². The van der Waals surface area contributed by atoms with Crippen LogP contribution >= 0.6 is 15.9 Å². The molecule has 0 unspecified atom stereocenters. The molecular weight excluding hydrogens is 274 g/mol. The second-order valence-electron chi connectivity index (χ2n) is 3.17. The maximum absolute atomic E-state index is 11.6. The lowest BCUT2D eigenvalue weighted by molar-refractivity contribution is 0.101. The maximum Gasteiger partial charge on any atom is 0.277 e. The van der Waals surface area contributed by atoms with Gasteiger partial charge in [0.2, 0.25) is 0 Å². The molecule has 0 aromatic carbocycles. The van der Waals surface area contributed by atoms with Gasteiger partial charge < -0.3 is 9.84 Å². The van der Waals surface area contributed by atoms with Crippen molar-refractivity contribution < 1.29 is 9.32 Å². The Morgan fingerprint density at radius 1 is 1.56 bits per heavy atom. The quantitative estimate of drug-likeness (QED) is 0.859. The number of aryl methyl sites for hydroxylation is 1. The minimum Gasteiger partial charge on any atom is -0.364 e. The smallest absolute Gasteiger partial charge is 0.277 e. The lowest BCUT2D eigenvalue weighted by Crippen LogP contribution is -2.12. The van der Waals surface area contributed by atoms with E-state index >= 15 is 0 Å². The fourth-order valence-corrected chi connectivity index (χ4v) is 1.37. The number of hydrogen-bond acceptors (Lipinski definition) is 4. The summed E-state index contributed by atoms with van der Waals surface area (Å²) in [4.78, 5) is 15.7. The molecule has 16 heavy (non-hydrogen) atoms. The van der Waals surface area contributed by atoms with Gasteiger partial charge in [0.25, 0.3) is 5.91 Å². The Hall–Kier alpha value is -1.69. The van der Waals surface area contributed by atoms with Crippen molar-refractivity contribution in [2.24, 2.45) is 0 Å². The molecule has 2 aromatic heterocycles. The van der Waals surface area contributed by atoms with Gasteiger partial charge in [-0.05, 0) is 34.5 Å². The van der Waals surface area contributed by atoms with Crippen molar-refractivity contribution in [3.63, 3.8) is 0 Å². The Labute approximate surface area is 100.0 Å². The van der Waals surface area contributed by atoms with Crippen molar-refractivity contribution >= 4 is 27.5 Å². The fourth-order valence-electron chi connectivity index (χ4n) is 1.15. The van der Waals surface area contributed by atoms with Crippen LogP contribution in [0, 0.1) is 6.92 Å². The van der Waals surface area contributed by atoms with E-state index in [-0.39, 0.29) is 11.6 Å². The van der Waals surface area contributed by atoms with Crippen LogP contribution in [0.25, 0.3) is 0 Å². The molecule has 2 rings (SSSR count). The fraction of sp³-hybridized carbons (Fsp3) is 0.100. The van der Waals surface area contributed by atoms with Crippen LogP contribution in [-0.2, 0) is 0 Å². The Morgan fingerprint density at radius 3 is 3.00 bits per heavy atom. The number of pyridine rings is 1. The molecule has 2 heterocycles. The molecule has 1 amide bonds. The van der Waals surface area contributed by atoms with Gasteiger partial charge in [0.05, 0.1) is 11.9 Å². The second-order valence-corrected chi connectivity index (χ2v) is 3.92. The predicted octanol–water partition coefficient (Wildman–Crippen LogP) is 2.39. The summed E-state index contributed by atoms with van der Waals surface area (Å²) in [7, 11) is 0. The van der Waals surface area contributed by atoms with Gasteiger partial charge in [0.1, 0.15) is 10.9 Å². The highest BCUT2D eigenvalue weighted by Gasteiger charge is 2.09. The van der Waals surface area contributed by atoms with E-state index in [1.807, 2.05) is 13.0 Å². The highest BCUT2D eigenvalue weighted by atomic mass is 79.9. The van der Waals surface area contributed by atoms with Gasteiger partial charge in [-0.1, -0.05) is 5.16 Å². The minimum absolute atomic E-state index is 0.237. The van der Waals surface area contributed by atoms with E-state index in [9.17, 15) is 4.79 Å². The third kappa shape index (κ3) is 2.27. The Kier molecular flexibility index (Phi) is 3.00. The molecule has 0 radical (unpaired) electrons. The Morgan fingerprint density at radius 2 is 2.38 bits per heavy atom. The number of rotatable bonds is 2.